The van der Waals surface area contributed by atoms with Gasteiger partial charge in [-0.1, -0.05) is 82.1 Å². The Hall–Kier alpha value is 0.479. The number of rotatable bonds is 1. The van der Waals surface area contributed by atoms with Crippen LogP contribution in [0.3, 0.4) is 0 Å². The van der Waals surface area contributed by atoms with Gasteiger partial charge < -0.3 is 5.11 Å². The largest absolute Gasteiger partial charge is 0.396 e. The molecule has 0 aliphatic heterocycles. The Morgan fingerprint density at radius 3 is 1.06 bits per heavy atom. The van der Waals surface area contributed by atoms with Crippen molar-refractivity contribution in [3.05, 3.63) is 0 Å². The zero-order valence-corrected chi connectivity index (χ0v) is 9.55. The first kappa shape index (κ1) is 36.3. The number of aliphatic hydroxyl groups excluding tert-OH is 1. The molecular weight excluding hydrogens is 264 g/mol. The van der Waals surface area contributed by atoms with Gasteiger partial charge in [-0.3, -0.25) is 0 Å². The first-order valence-corrected chi connectivity index (χ1v) is 5.54. The summed E-state index contributed by atoms with van der Waals surface area (Å²) >= 11 is 0. The van der Waals surface area contributed by atoms with E-state index in [0.29, 0.717) is 12.5 Å². The molecule has 0 amide bonds. The molecule has 0 atom stereocenters. The fourth-order valence-corrected chi connectivity index (χ4v) is 2.08. The van der Waals surface area contributed by atoms with E-state index in [2.05, 4.69) is 0 Å². The molecule has 120 valence electrons. The topological polar surface area (TPSA) is 20.2 Å². The third-order valence-corrected chi connectivity index (χ3v) is 2.98. The molecule has 0 spiro atoms. The van der Waals surface area contributed by atoms with Crippen molar-refractivity contribution in [1.82, 2.24) is 0 Å². The van der Waals surface area contributed by atoms with Crippen molar-refractivity contribution in [2.24, 2.45) is 5.92 Å². The molecule has 2 aliphatic rings. The van der Waals surface area contributed by atoms with Gasteiger partial charge >= 0.3 is 0 Å². The van der Waals surface area contributed by atoms with Crippen LogP contribution >= 0.6 is 0 Å². The van der Waals surface area contributed by atoms with Gasteiger partial charge in [0.05, 0.1) is 0 Å². The van der Waals surface area contributed by atoms with Crippen LogP contribution in [0.4, 0.5) is 0 Å². The van der Waals surface area contributed by atoms with Gasteiger partial charge in [0.1, 0.15) is 0 Å². The number of hydrogen-bond donors (Lipinski definition) is 1. The molecule has 1 N–H and O–H groups in total. The zero-order valence-electron chi connectivity index (χ0n) is 8.45. The van der Waals surface area contributed by atoms with Crippen LogP contribution in [0, 0.1) is 5.92 Å². The van der Waals surface area contributed by atoms with Crippen LogP contribution in [0.15, 0.2) is 0 Å². The van der Waals surface area contributed by atoms with Crippen LogP contribution in [-0.4, -0.2) is 11.7 Å². The quantitative estimate of drug-likeness (QED) is 0.564. The Balaban J connectivity index is -0.0000000306. The van der Waals surface area contributed by atoms with Crippen molar-refractivity contribution in [2.75, 3.05) is 6.61 Å². The van der Waals surface area contributed by atoms with Gasteiger partial charge in [-0.15, -0.1) is 0 Å². The van der Waals surface area contributed by atoms with Crippen molar-refractivity contribution in [2.45, 2.75) is 94.9 Å². The van der Waals surface area contributed by atoms with Crippen molar-refractivity contribution in [3.63, 3.8) is 0 Å². The summed E-state index contributed by atoms with van der Waals surface area (Å²) in [7, 11) is 0. The average Bonchev–Trinajstić information content (AvgIpc) is 2.81. The molecule has 0 aromatic heterocycles. The maximum Gasteiger partial charge on any atom is 0.0459 e. The molecule has 0 radical (unpaired) electrons. The second-order valence-electron chi connectivity index (χ2n) is 4.10. The minimum Gasteiger partial charge on any atom is -0.396 e. The summed E-state index contributed by atoms with van der Waals surface area (Å²) in [6.07, 6.45) is 12.7. The van der Waals surface area contributed by atoms with Crippen molar-refractivity contribution < 1.29 is 22.2 Å². The fourth-order valence-electron chi connectivity index (χ4n) is 2.08. The number of hydrogen-bond acceptors (Lipinski definition) is 1. The molecule has 2 saturated carbocycles. The molecule has 0 aromatic rings. The van der Waals surface area contributed by atoms with Gasteiger partial charge in [-0.05, 0) is 18.8 Å². The van der Waals surface area contributed by atoms with Crippen molar-refractivity contribution >= 4 is 0 Å². The third kappa shape index (κ3) is 18.8. The van der Waals surface area contributed by atoms with Gasteiger partial charge in [0, 0.05) is 23.7 Å². The van der Waals surface area contributed by atoms with Gasteiger partial charge in [0.25, 0.3) is 0 Å². The SMILES string of the molecule is C.C.C.C.C.C1CCCC1.OCC1CCCC1.[Fe]. The van der Waals surface area contributed by atoms with E-state index in [4.69, 9.17) is 5.11 Å². The predicted molar refractivity (Wildman–Crippen MR) is 85.8 cm³/mol. The summed E-state index contributed by atoms with van der Waals surface area (Å²) in [6, 6.07) is 0. The molecule has 2 heteroatoms. The van der Waals surface area contributed by atoms with E-state index in [1.807, 2.05) is 0 Å². The molecule has 2 fully saturated rings. The predicted octanol–water partition coefficient (Wildman–Crippen LogP) is 6.30. The second-order valence-corrected chi connectivity index (χ2v) is 4.10. The van der Waals surface area contributed by atoms with Crippen LogP contribution in [-0.2, 0) is 17.1 Å². The Morgan fingerprint density at radius 2 is 0.889 bits per heavy atom. The van der Waals surface area contributed by atoms with Gasteiger partial charge in [0.15, 0.2) is 0 Å². The summed E-state index contributed by atoms with van der Waals surface area (Å²) in [4.78, 5) is 0. The molecule has 0 aromatic carbocycles. The van der Waals surface area contributed by atoms with E-state index < -0.39 is 0 Å². The smallest absolute Gasteiger partial charge is 0.0459 e. The van der Waals surface area contributed by atoms with E-state index in [0.717, 1.165) is 0 Å². The van der Waals surface area contributed by atoms with Crippen LogP contribution in [0.2, 0.25) is 0 Å². The first-order valence-electron chi connectivity index (χ1n) is 5.54. The van der Waals surface area contributed by atoms with E-state index in [9.17, 15) is 0 Å². The summed E-state index contributed by atoms with van der Waals surface area (Å²) in [5.74, 6) is 0.653. The molecule has 0 bridgehead atoms. The summed E-state index contributed by atoms with van der Waals surface area (Å²) in [5, 5.41) is 8.57. The Morgan fingerprint density at radius 1 is 0.611 bits per heavy atom. The Bertz CT molecular complexity index is 89.7. The zero-order chi connectivity index (χ0) is 8.65. The Labute approximate surface area is 130 Å². The van der Waals surface area contributed by atoms with E-state index in [1.165, 1.54) is 57.8 Å². The summed E-state index contributed by atoms with van der Waals surface area (Å²) in [6.45, 7) is 0.417. The second kappa shape index (κ2) is 26.1. The molecular formula is C16H42FeO. The molecule has 2 aliphatic carbocycles. The first-order chi connectivity index (χ1) is 5.93. The van der Waals surface area contributed by atoms with Crippen molar-refractivity contribution in [1.29, 1.82) is 0 Å². The van der Waals surface area contributed by atoms with Crippen molar-refractivity contribution in [3.8, 4) is 0 Å². The van der Waals surface area contributed by atoms with Gasteiger partial charge in [-0.2, -0.15) is 0 Å². The normalized spacial score (nSPS) is 15.8. The van der Waals surface area contributed by atoms with E-state index >= 15 is 0 Å². The monoisotopic (exact) mass is 306 g/mol. The van der Waals surface area contributed by atoms with E-state index in [1.54, 1.807) is 0 Å². The van der Waals surface area contributed by atoms with Gasteiger partial charge in [0.2, 0.25) is 0 Å². The van der Waals surface area contributed by atoms with Gasteiger partial charge in [-0.25, -0.2) is 0 Å². The minimum atomic E-state index is 0. The minimum absolute atomic E-state index is 0. The molecule has 0 heterocycles. The maximum absolute atomic E-state index is 8.57. The standard InChI is InChI=1S/C6H12O.C5H10.5CH4.Fe/c7-5-6-3-1-2-4-6;1-2-4-5-3-1;;;;;;/h6-7H,1-5H2;1-5H2;5*1H4;. The molecule has 2 rings (SSSR count). The summed E-state index contributed by atoms with van der Waals surface area (Å²) < 4.78 is 0. The molecule has 18 heavy (non-hydrogen) atoms. The van der Waals surface area contributed by atoms with E-state index in [-0.39, 0.29) is 54.2 Å². The molecule has 0 saturated heterocycles. The molecule has 0 unspecified atom stereocenters. The van der Waals surface area contributed by atoms with Crippen LogP contribution in [0.5, 0.6) is 0 Å². The summed E-state index contributed by atoms with van der Waals surface area (Å²) in [5.41, 5.74) is 0. The third-order valence-electron chi connectivity index (χ3n) is 2.98. The Kier molecular flexibility index (Phi) is 52.6. The van der Waals surface area contributed by atoms with Crippen LogP contribution < -0.4 is 0 Å². The van der Waals surface area contributed by atoms with Crippen LogP contribution in [0.1, 0.15) is 94.9 Å². The average molecular weight is 306 g/mol. The van der Waals surface area contributed by atoms with Crippen LogP contribution in [0.25, 0.3) is 0 Å². The molecule has 1 nitrogen and oxygen atoms in total. The maximum atomic E-state index is 8.57. The fraction of sp³-hybridized carbons (Fsp3) is 1.00. The number of aliphatic hydroxyl groups is 1.